The van der Waals surface area contributed by atoms with Crippen LogP contribution in [0, 0.1) is 0 Å². The molecular formula is C18H26O4. The Morgan fingerprint density at radius 1 is 1.50 bits per heavy atom. The van der Waals surface area contributed by atoms with Gasteiger partial charge in [0.25, 0.3) is 0 Å². The monoisotopic (exact) mass is 306 g/mol. The maximum atomic E-state index is 10.9. The van der Waals surface area contributed by atoms with Gasteiger partial charge >= 0.3 is 5.97 Å². The van der Waals surface area contributed by atoms with Gasteiger partial charge in [-0.05, 0) is 31.8 Å². The van der Waals surface area contributed by atoms with Gasteiger partial charge < -0.3 is 14.9 Å². The number of rotatable bonds is 8. The first-order valence-corrected chi connectivity index (χ1v) is 8.13. The molecule has 1 saturated heterocycles. The summed E-state index contributed by atoms with van der Waals surface area (Å²) in [6.07, 6.45) is 13.0. The first kappa shape index (κ1) is 17.0. The van der Waals surface area contributed by atoms with Gasteiger partial charge in [-0.15, -0.1) is 0 Å². The molecule has 1 heterocycles. The van der Waals surface area contributed by atoms with E-state index in [1.165, 1.54) is 19.3 Å². The Kier molecular flexibility index (Phi) is 5.59. The third-order valence-corrected chi connectivity index (χ3v) is 4.54. The molecule has 2 N–H and O–H groups in total. The van der Waals surface area contributed by atoms with Crippen LogP contribution in [0.5, 0.6) is 0 Å². The molecule has 0 bridgehead atoms. The number of fused-ring (bicyclic) bond motifs is 1. The van der Waals surface area contributed by atoms with Gasteiger partial charge in [0.15, 0.2) is 0 Å². The van der Waals surface area contributed by atoms with Crippen molar-refractivity contribution in [2.45, 2.75) is 70.2 Å². The molecular weight excluding hydrogens is 280 g/mol. The molecule has 1 fully saturated rings. The topological polar surface area (TPSA) is 70.1 Å². The zero-order chi connectivity index (χ0) is 16.2. The van der Waals surface area contributed by atoms with Gasteiger partial charge in [-0.25, -0.2) is 4.79 Å². The van der Waals surface area contributed by atoms with Crippen molar-refractivity contribution in [3.63, 3.8) is 0 Å². The van der Waals surface area contributed by atoms with E-state index in [1.54, 1.807) is 13.0 Å². The lowest BCUT2D eigenvalue weighted by Gasteiger charge is -2.23. The van der Waals surface area contributed by atoms with E-state index in [-0.39, 0.29) is 6.10 Å². The third kappa shape index (κ3) is 3.68. The molecule has 0 amide bonds. The fraction of sp³-hybridized carbons (Fsp3) is 0.611. The van der Waals surface area contributed by atoms with Crippen LogP contribution >= 0.6 is 0 Å². The molecule has 1 aliphatic carbocycles. The largest absolute Gasteiger partial charge is 0.478 e. The molecule has 4 nitrogen and oxygen atoms in total. The quantitative estimate of drug-likeness (QED) is 0.410. The summed E-state index contributed by atoms with van der Waals surface area (Å²) >= 11 is 0. The normalized spacial score (nSPS) is 31.0. The van der Waals surface area contributed by atoms with Crippen LogP contribution in [0.25, 0.3) is 0 Å². The molecule has 22 heavy (non-hydrogen) atoms. The molecule has 0 spiro atoms. The lowest BCUT2D eigenvalue weighted by molar-refractivity contribution is -0.132. The van der Waals surface area contributed by atoms with Gasteiger partial charge in [0.1, 0.15) is 11.7 Å². The fourth-order valence-electron chi connectivity index (χ4n) is 2.94. The molecule has 0 saturated carbocycles. The number of carboxylic acid groups (broad SMARTS) is 1. The lowest BCUT2D eigenvalue weighted by Crippen LogP contribution is -2.35. The Bertz CT molecular complexity index is 503. The van der Waals surface area contributed by atoms with E-state index in [2.05, 4.69) is 13.0 Å². The van der Waals surface area contributed by atoms with Crippen molar-refractivity contribution in [3.8, 4) is 0 Å². The second-order valence-electron chi connectivity index (χ2n) is 6.20. The third-order valence-electron chi connectivity index (χ3n) is 4.54. The molecule has 3 atom stereocenters. The maximum Gasteiger partial charge on any atom is 0.330 e. The van der Waals surface area contributed by atoms with Gasteiger partial charge in [-0.2, -0.15) is 0 Å². The van der Waals surface area contributed by atoms with Gasteiger partial charge in [0.05, 0.1) is 6.10 Å². The average Bonchev–Trinajstić information content (AvgIpc) is 3.22. The molecule has 122 valence electrons. The fourth-order valence-corrected chi connectivity index (χ4v) is 2.94. The van der Waals surface area contributed by atoms with Crippen molar-refractivity contribution in [2.75, 3.05) is 0 Å². The highest BCUT2D eigenvalue weighted by Gasteiger charge is 2.62. The Morgan fingerprint density at radius 3 is 2.95 bits per heavy atom. The first-order valence-electron chi connectivity index (χ1n) is 8.13. The molecule has 0 aromatic carbocycles. The minimum Gasteiger partial charge on any atom is -0.478 e. The molecule has 2 rings (SSSR count). The van der Waals surface area contributed by atoms with Crippen molar-refractivity contribution < 1.29 is 19.7 Å². The molecule has 2 aliphatic rings. The van der Waals surface area contributed by atoms with E-state index in [4.69, 9.17) is 9.84 Å². The molecule has 0 radical (unpaired) electrons. The Hall–Kier alpha value is -1.39. The summed E-state index contributed by atoms with van der Waals surface area (Å²) in [5.41, 5.74) is 0.572. The maximum absolute atomic E-state index is 10.9. The number of hydrogen-bond acceptors (Lipinski definition) is 3. The van der Waals surface area contributed by atoms with Gasteiger partial charge in [0.2, 0.25) is 0 Å². The highest BCUT2D eigenvalue weighted by Crippen LogP contribution is 2.50. The predicted molar refractivity (Wildman–Crippen MR) is 85.6 cm³/mol. The number of carboxylic acids is 1. The summed E-state index contributed by atoms with van der Waals surface area (Å²) in [6.45, 7) is 3.74. The standard InChI is InChI=1S/C18H26O4/c1-3-4-5-6-7-8-14-9-10-15-18(22-15,16(14)19)12-11-13(2)17(20)21/h7-9,11,15-16,19H,3-6,10,12H2,1-2H3,(H,20,21)/b8-7+,13-11+/t15-,16+,18-/m0/s1. The van der Waals surface area contributed by atoms with Crippen LogP contribution in [0.15, 0.2) is 35.5 Å². The van der Waals surface area contributed by atoms with Gasteiger partial charge in [0, 0.05) is 12.0 Å². The zero-order valence-electron chi connectivity index (χ0n) is 13.4. The molecule has 0 unspecified atom stereocenters. The second-order valence-corrected chi connectivity index (χ2v) is 6.20. The van der Waals surface area contributed by atoms with E-state index >= 15 is 0 Å². The number of aliphatic hydroxyl groups excluding tert-OH is 1. The number of unbranched alkanes of at least 4 members (excludes halogenated alkanes) is 3. The summed E-state index contributed by atoms with van der Waals surface area (Å²) in [4.78, 5) is 10.9. The van der Waals surface area contributed by atoms with Gasteiger partial charge in [-0.3, -0.25) is 0 Å². The van der Waals surface area contributed by atoms with Crippen molar-refractivity contribution in [1.82, 2.24) is 0 Å². The summed E-state index contributed by atoms with van der Waals surface area (Å²) in [5.74, 6) is -0.925. The van der Waals surface area contributed by atoms with E-state index in [9.17, 15) is 9.90 Å². The summed E-state index contributed by atoms with van der Waals surface area (Å²) in [6, 6.07) is 0. The van der Waals surface area contributed by atoms with Crippen LogP contribution in [0.2, 0.25) is 0 Å². The smallest absolute Gasteiger partial charge is 0.330 e. The Labute approximate surface area is 132 Å². The van der Waals surface area contributed by atoms with Gasteiger partial charge in [-0.1, -0.05) is 44.1 Å². The van der Waals surface area contributed by atoms with E-state index < -0.39 is 17.7 Å². The lowest BCUT2D eigenvalue weighted by atomic mass is 9.83. The number of epoxide rings is 1. The molecule has 1 aliphatic heterocycles. The second kappa shape index (κ2) is 7.25. The zero-order valence-corrected chi connectivity index (χ0v) is 13.4. The number of carbonyl (C=O) groups is 1. The summed E-state index contributed by atoms with van der Waals surface area (Å²) in [5, 5.41) is 19.5. The highest BCUT2D eigenvalue weighted by atomic mass is 16.6. The predicted octanol–water partition coefficient (Wildman–Crippen LogP) is 3.37. The highest BCUT2D eigenvalue weighted by molar-refractivity contribution is 5.85. The SMILES string of the molecule is CCCCC/C=C/C1=CC[C@@H]2O[C@]2(C/C=C(\C)C(=O)O)[C@@H]1O. The minimum atomic E-state index is -0.925. The van der Waals surface area contributed by atoms with Crippen molar-refractivity contribution in [2.24, 2.45) is 0 Å². The Balaban J connectivity index is 1.95. The number of allylic oxidation sites excluding steroid dienone is 1. The van der Waals surface area contributed by atoms with Crippen LogP contribution in [0.1, 0.15) is 52.4 Å². The van der Waals surface area contributed by atoms with Crippen LogP contribution in [-0.2, 0) is 9.53 Å². The average molecular weight is 306 g/mol. The van der Waals surface area contributed by atoms with Crippen molar-refractivity contribution >= 4 is 5.97 Å². The number of hydrogen-bond donors (Lipinski definition) is 2. The van der Waals surface area contributed by atoms with E-state index in [0.29, 0.717) is 12.0 Å². The van der Waals surface area contributed by atoms with Crippen molar-refractivity contribution in [3.05, 3.63) is 35.5 Å². The van der Waals surface area contributed by atoms with Crippen LogP contribution in [0.4, 0.5) is 0 Å². The van der Waals surface area contributed by atoms with E-state index in [1.807, 2.05) is 12.2 Å². The summed E-state index contributed by atoms with van der Waals surface area (Å²) in [7, 11) is 0. The summed E-state index contributed by atoms with van der Waals surface area (Å²) < 4.78 is 5.71. The molecule has 0 aromatic rings. The number of aliphatic carboxylic acids is 1. The first-order chi connectivity index (χ1) is 10.5. The van der Waals surface area contributed by atoms with E-state index in [0.717, 1.165) is 18.4 Å². The van der Waals surface area contributed by atoms with Crippen LogP contribution in [0.3, 0.4) is 0 Å². The molecule has 0 aromatic heterocycles. The number of aliphatic hydroxyl groups is 1. The van der Waals surface area contributed by atoms with Crippen LogP contribution < -0.4 is 0 Å². The minimum absolute atomic E-state index is 0.0117. The van der Waals surface area contributed by atoms with Crippen LogP contribution in [-0.4, -0.2) is 34.0 Å². The number of ether oxygens (including phenoxy) is 1. The molecule has 4 heteroatoms. The van der Waals surface area contributed by atoms with Crippen molar-refractivity contribution in [1.29, 1.82) is 0 Å². The Morgan fingerprint density at radius 2 is 2.27 bits per heavy atom.